The molecule has 0 aliphatic rings. The number of aromatic amines is 1. The van der Waals surface area contributed by atoms with Crippen LogP contribution in [0.5, 0.6) is 0 Å². The van der Waals surface area contributed by atoms with Gasteiger partial charge in [0.15, 0.2) is 0 Å². The van der Waals surface area contributed by atoms with Gasteiger partial charge >= 0.3 is 39.6 Å². The molecular formula is C22H23Br2FeN3. The van der Waals surface area contributed by atoms with Crippen molar-refractivity contribution < 1.29 is 11.3 Å². The Bertz CT molecular complexity index is 901. The molecule has 0 atom stereocenters. The summed E-state index contributed by atoms with van der Waals surface area (Å²) in [5.74, 6) is 0. The second kappa shape index (κ2) is 11.5. The van der Waals surface area contributed by atoms with Gasteiger partial charge in [-0.3, -0.25) is 9.98 Å². The SMILES string of the molecule is CC(=Nc1ccccc1C)c1ccc(C(C)=Nc2ccccc2C)[nH]1.[Br][Fe][Br]. The zero-order valence-corrected chi connectivity index (χ0v) is 20.6. The first-order valence-corrected chi connectivity index (χ1v) is 14.2. The number of benzene rings is 2. The number of aliphatic imine (C=N–C) groups is 2. The molecule has 0 aliphatic carbocycles. The zero-order valence-electron chi connectivity index (χ0n) is 16.3. The Balaban J connectivity index is 0.000000878. The first-order chi connectivity index (χ1) is 13.5. The summed E-state index contributed by atoms with van der Waals surface area (Å²) in [5, 5.41) is 0. The summed E-state index contributed by atoms with van der Waals surface area (Å²) in [4.78, 5) is 12.9. The van der Waals surface area contributed by atoms with E-state index in [0.29, 0.717) is 0 Å². The Hall–Kier alpha value is -1.46. The second-order valence-corrected chi connectivity index (χ2v) is 11.9. The molecule has 0 amide bonds. The topological polar surface area (TPSA) is 40.5 Å². The normalized spacial score (nSPS) is 11.9. The van der Waals surface area contributed by atoms with E-state index in [4.69, 9.17) is 9.98 Å². The van der Waals surface area contributed by atoms with E-state index in [2.05, 4.69) is 71.3 Å². The van der Waals surface area contributed by atoms with Gasteiger partial charge in [0.05, 0.1) is 34.2 Å². The fraction of sp³-hybridized carbons (Fsp3) is 0.182. The Morgan fingerprint density at radius 3 is 1.43 bits per heavy atom. The number of aryl methyl sites for hydroxylation is 2. The second-order valence-electron chi connectivity index (χ2n) is 6.30. The van der Waals surface area contributed by atoms with Crippen LogP contribution < -0.4 is 0 Å². The third kappa shape index (κ3) is 6.56. The van der Waals surface area contributed by atoms with Crippen LogP contribution in [-0.4, -0.2) is 16.4 Å². The number of rotatable bonds is 4. The molecule has 0 saturated heterocycles. The molecule has 3 aromatic rings. The Kier molecular flexibility index (Phi) is 9.39. The number of nitrogens with one attached hydrogen (secondary N) is 1. The number of hydrogen-bond acceptors (Lipinski definition) is 2. The van der Waals surface area contributed by atoms with Crippen molar-refractivity contribution in [1.29, 1.82) is 0 Å². The van der Waals surface area contributed by atoms with Crippen molar-refractivity contribution in [2.24, 2.45) is 9.98 Å². The molecule has 28 heavy (non-hydrogen) atoms. The van der Waals surface area contributed by atoms with Gasteiger partial charge < -0.3 is 4.98 Å². The molecule has 0 unspecified atom stereocenters. The van der Waals surface area contributed by atoms with Crippen LogP contribution in [0.2, 0.25) is 0 Å². The summed E-state index contributed by atoms with van der Waals surface area (Å²) in [6.07, 6.45) is 0. The molecule has 3 rings (SSSR count). The van der Waals surface area contributed by atoms with Gasteiger partial charge in [-0.2, -0.15) is 0 Å². The van der Waals surface area contributed by atoms with Crippen molar-refractivity contribution in [3.05, 3.63) is 83.2 Å². The molecule has 1 heterocycles. The molecule has 2 aromatic carbocycles. The van der Waals surface area contributed by atoms with Crippen molar-refractivity contribution in [3.8, 4) is 0 Å². The summed E-state index contributed by atoms with van der Waals surface area (Å²) in [7, 11) is 0. The minimum atomic E-state index is 0.875. The van der Waals surface area contributed by atoms with Gasteiger partial charge in [0, 0.05) is 0 Å². The van der Waals surface area contributed by atoms with Gasteiger partial charge in [-0.05, 0) is 63.1 Å². The fourth-order valence-corrected chi connectivity index (χ4v) is 2.68. The Morgan fingerprint density at radius 1 is 0.714 bits per heavy atom. The van der Waals surface area contributed by atoms with Crippen LogP contribution in [0.15, 0.2) is 70.6 Å². The summed E-state index contributed by atoms with van der Waals surface area (Å²) in [6, 6.07) is 20.4. The average Bonchev–Trinajstić information content (AvgIpc) is 3.17. The third-order valence-corrected chi connectivity index (χ3v) is 4.27. The van der Waals surface area contributed by atoms with Crippen LogP contribution in [0.3, 0.4) is 0 Å². The number of hydrogen-bond donors (Lipinski definition) is 1. The van der Waals surface area contributed by atoms with E-state index < -0.39 is 0 Å². The van der Waals surface area contributed by atoms with Crippen molar-refractivity contribution in [2.45, 2.75) is 27.7 Å². The van der Waals surface area contributed by atoms with E-state index in [1.165, 1.54) is 11.1 Å². The van der Waals surface area contributed by atoms with Gasteiger partial charge in [0.2, 0.25) is 0 Å². The van der Waals surface area contributed by atoms with Gasteiger partial charge in [0.1, 0.15) is 0 Å². The maximum atomic E-state index is 4.75. The molecular weight excluding hydrogens is 522 g/mol. The average molecular weight is 545 g/mol. The van der Waals surface area contributed by atoms with Gasteiger partial charge in [-0.15, -0.1) is 0 Å². The predicted molar refractivity (Wildman–Crippen MR) is 125 cm³/mol. The molecule has 0 aliphatic heterocycles. The van der Waals surface area contributed by atoms with Crippen LogP contribution in [0, 0.1) is 13.8 Å². The van der Waals surface area contributed by atoms with Crippen LogP contribution >= 0.6 is 28.2 Å². The zero-order chi connectivity index (χ0) is 20.5. The molecule has 0 bridgehead atoms. The van der Waals surface area contributed by atoms with Gasteiger partial charge in [-0.25, -0.2) is 0 Å². The van der Waals surface area contributed by atoms with E-state index in [1.807, 2.05) is 50.2 Å². The Morgan fingerprint density at radius 2 is 1.07 bits per heavy atom. The van der Waals surface area contributed by atoms with E-state index >= 15 is 0 Å². The summed E-state index contributed by atoms with van der Waals surface area (Å²) in [5.41, 5.74) is 8.29. The summed E-state index contributed by atoms with van der Waals surface area (Å²) in [6.45, 7) is 8.20. The van der Waals surface area contributed by atoms with Crippen LogP contribution in [0.1, 0.15) is 36.4 Å². The third-order valence-electron chi connectivity index (χ3n) is 4.27. The Labute approximate surface area is 187 Å². The molecule has 6 heteroatoms. The summed E-state index contributed by atoms with van der Waals surface area (Å²) < 4.78 is 0. The van der Waals surface area contributed by atoms with Crippen molar-refractivity contribution in [2.75, 3.05) is 0 Å². The van der Waals surface area contributed by atoms with Crippen molar-refractivity contribution >= 4 is 51.0 Å². The molecule has 0 fully saturated rings. The van der Waals surface area contributed by atoms with Crippen LogP contribution in [-0.2, 0) is 11.3 Å². The maximum absolute atomic E-state index is 4.75. The molecule has 0 radical (unpaired) electrons. The van der Waals surface area contributed by atoms with Crippen LogP contribution in [0.25, 0.3) is 0 Å². The van der Waals surface area contributed by atoms with Gasteiger partial charge in [-0.1, -0.05) is 36.4 Å². The van der Waals surface area contributed by atoms with Crippen molar-refractivity contribution in [1.82, 2.24) is 4.98 Å². The molecule has 0 saturated carbocycles. The van der Waals surface area contributed by atoms with E-state index in [-0.39, 0.29) is 0 Å². The quantitative estimate of drug-likeness (QED) is 0.259. The number of para-hydroxylation sites is 2. The molecule has 0 spiro atoms. The number of H-pyrrole nitrogens is 1. The molecule has 148 valence electrons. The minimum absolute atomic E-state index is 0.875. The number of halogens is 2. The number of aromatic nitrogens is 1. The van der Waals surface area contributed by atoms with E-state index in [1.54, 1.807) is 0 Å². The first kappa shape index (κ1) is 22.8. The van der Waals surface area contributed by atoms with Crippen LogP contribution in [0.4, 0.5) is 11.4 Å². The first-order valence-electron chi connectivity index (χ1n) is 8.73. The van der Waals surface area contributed by atoms with E-state index in [0.717, 1.165) is 45.5 Å². The monoisotopic (exact) mass is 543 g/mol. The van der Waals surface area contributed by atoms with Crippen molar-refractivity contribution in [3.63, 3.8) is 0 Å². The molecule has 1 aromatic heterocycles. The molecule has 1 N–H and O–H groups in total. The number of nitrogens with zero attached hydrogens (tertiary/aromatic N) is 2. The molecule has 3 nitrogen and oxygen atoms in total. The fourth-order valence-electron chi connectivity index (χ4n) is 2.68. The standard InChI is InChI=1S/C22H23N3.2BrH.Fe/c1-15-9-5-7-11-19(15)23-17(3)21-13-14-22(25-21)18(4)24-20-12-8-6-10-16(20)2;;;/h5-14,25H,1-4H3;2*1H;/q;;;+2/p-2. The van der Waals surface area contributed by atoms with Gasteiger partial charge in [0.25, 0.3) is 0 Å². The summed E-state index contributed by atoms with van der Waals surface area (Å²) >= 11 is 7.00. The van der Waals surface area contributed by atoms with E-state index in [9.17, 15) is 0 Å². The predicted octanol–water partition coefficient (Wildman–Crippen LogP) is 7.60.